The molecule has 3 aliphatic rings. The van der Waals surface area contributed by atoms with E-state index in [1.165, 1.54) is 17.0 Å². The number of nitrogens with zero attached hydrogens (tertiary/aromatic N) is 3. The highest BCUT2D eigenvalue weighted by molar-refractivity contribution is 7.71. The molecular weight excluding hydrogens is 973 g/mol. The number of benzene rings is 2. The summed E-state index contributed by atoms with van der Waals surface area (Å²) in [5, 5.41) is 27.4. The molecule has 8 rings (SSSR count). The van der Waals surface area contributed by atoms with E-state index in [0.717, 1.165) is 0 Å². The van der Waals surface area contributed by atoms with Gasteiger partial charge in [0, 0.05) is 54.5 Å². The Morgan fingerprint density at radius 3 is 2.36 bits per heavy atom. The number of esters is 1. The van der Waals surface area contributed by atoms with Crippen molar-refractivity contribution in [3.8, 4) is 22.9 Å². The van der Waals surface area contributed by atoms with Crippen LogP contribution in [0.2, 0.25) is 0 Å². The lowest BCUT2D eigenvalue weighted by Crippen LogP contribution is -2.52. The lowest BCUT2D eigenvalue weighted by atomic mass is 9.86. The normalized spacial score (nSPS) is 15.2. The van der Waals surface area contributed by atoms with Gasteiger partial charge in [0.1, 0.15) is 19.3 Å². The van der Waals surface area contributed by atoms with E-state index < -0.39 is 72.3 Å². The molecule has 0 saturated carbocycles. The van der Waals surface area contributed by atoms with Gasteiger partial charge in [-0.3, -0.25) is 33.6 Å². The van der Waals surface area contributed by atoms with Crippen molar-refractivity contribution in [3.05, 3.63) is 109 Å². The van der Waals surface area contributed by atoms with Crippen LogP contribution in [0.15, 0.2) is 65.7 Å². The number of nitrogens with one attached hydrogen (secondary N) is 7. The van der Waals surface area contributed by atoms with Gasteiger partial charge in [0.15, 0.2) is 21.9 Å². The van der Waals surface area contributed by atoms with Crippen LogP contribution in [0.1, 0.15) is 51.5 Å². The number of ether oxygens (including phenoxy) is 5. The van der Waals surface area contributed by atoms with Gasteiger partial charge in [-0.2, -0.15) is 0 Å². The van der Waals surface area contributed by atoms with Crippen LogP contribution in [0, 0.1) is 4.77 Å². The molecule has 382 valence electrons. The van der Waals surface area contributed by atoms with Crippen molar-refractivity contribution >= 4 is 64.5 Å². The molecule has 0 radical (unpaired) electrons. The molecule has 0 bridgehead atoms. The monoisotopic (exact) mass is 1020 g/mol. The van der Waals surface area contributed by atoms with Crippen LogP contribution in [-0.2, 0) is 74.7 Å². The number of amides is 6. The number of rotatable bonds is 22. The number of H-pyrrole nitrogens is 1. The van der Waals surface area contributed by atoms with Crippen LogP contribution in [0.25, 0.3) is 22.3 Å². The van der Waals surface area contributed by atoms with E-state index in [9.17, 15) is 43.5 Å². The second kappa shape index (κ2) is 23.0. The molecule has 0 aliphatic carbocycles. The van der Waals surface area contributed by atoms with Crippen molar-refractivity contribution in [1.29, 1.82) is 0 Å². The first-order chi connectivity index (χ1) is 35.2. The van der Waals surface area contributed by atoms with Crippen LogP contribution in [0.3, 0.4) is 0 Å². The molecule has 25 heteroatoms. The van der Waals surface area contributed by atoms with E-state index in [1.807, 2.05) is 0 Å². The van der Waals surface area contributed by atoms with E-state index in [2.05, 4.69) is 41.9 Å². The average molecular weight is 1020 g/mol. The molecule has 0 spiro atoms. The molecule has 0 fully saturated rings. The van der Waals surface area contributed by atoms with Gasteiger partial charge in [-0.25, -0.2) is 14.8 Å². The molecule has 3 aromatic heterocycles. The van der Waals surface area contributed by atoms with Gasteiger partial charge in [0.2, 0.25) is 36.3 Å². The Hall–Kier alpha value is -8.13. The van der Waals surface area contributed by atoms with Gasteiger partial charge in [-0.05, 0) is 41.9 Å². The molecule has 2 atom stereocenters. The van der Waals surface area contributed by atoms with Gasteiger partial charge in [-0.1, -0.05) is 37.3 Å². The van der Waals surface area contributed by atoms with Crippen LogP contribution in [-0.4, -0.2) is 131 Å². The molecule has 2 aromatic carbocycles. The van der Waals surface area contributed by atoms with Crippen molar-refractivity contribution in [3.63, 3.8) is 0 Å². The Labute approximate surface area is 419 Å². The van der Waals surface area contributed by atoms with E-state index in [4.69, 9.17) is 40.9 Å². The lowest BCUT2D eigenvalue weighted by molar-refractivity contribution is -0.172. The van der Waals surface area contributed by atoms with Gasteiger partial charge < -0.3 is 70.2 Å². The van der Waals surface area contributed by atoms with Gasteiger partial charge >= 0.3 is 5.97 Å². The highest BCUT2D eigenvalue weighted by Crippen LogP contribution is 2.43. The quantitative estimate of drug-likeness (QED) is 0.0240. The summed E-state index contributed by atoms with van der Waals surface area (Å²) in [6, 6.07) is 12.7. The molecule has 5 aromatic rings. The van der Waals surface area contributed by atoms with E-state index in [1.54, 1.807) is 55.5 Å². The Morgan fingerprint density at radius 2 is 1.59 bits per heavy atom. The predicted octanol–water partition coefficient (Wildman–Crippen LogP) is -0.584. The molecule has 3 aliphatic heterocycles. The Balaban J connectivity index is 0.818. The molecular formula is C48H50N10O14S. The largest absolute Gasteiger partial charge is 0.458 e. The Morgan fingerprint density at radius 1 is 0.863 bits per heavy atom. The minimum Gasteiger partial charge on any atom is -0.458 e. The third-order valence-corrected chi connectivity index (χ3v) is 12.3. The minimum absolute atomic E-state index is 0.0121. The first kappa shape index (κ1) is 51.2. The van der Waals surface area contributed by atoms with Crippen LogP contribution in [0.4, 0.5) is 0 Å². The molecule has 6 heterocycles. The van der Waals surface area contributed by atoms with Crippen LogP contribution >= 0.6 is 12.2 Å². The zero-order valence-electron chi connectivity index (χ0n) is 39.3. The Bertz CT molecular complexity index is 3090. The SMILES string of the molecule is CC[C@]1(O)C(=O)OCc2c1cc1n(c2=O)Cc2c-1nc1cc3c(cc1c2CNC(=O)CNC(=O)[C@H](Cc1ccccc1)NC(=O)CNC(=O)CNC(=O)COCCOCCNC(=O)c1cnc(=S)[nH]c1)OCO3. The lowest BCUT2D eigenvalue weighted by Gasteiger charge is -2.31. The first-order valence-electron chi connectivity index (χ1n) is 23.0. The number of aliphatic hydroxyl groups is 1. The number of hydrogen-bond acceptors (Lipinski definition) is 17. The number of aromatic nitrogens is 4. The number of carbonyl (C=O) groups is 7. The maximum Gasteiger partial charge on any atom is 0.343 e. The molecule has 0 unspecified atom stereocenters. The standard InChI is InChI=1S/C48H50N10O14S/c1-2-48(67)32-14-35-42-30(22-58(35)45(65)31(32)23-70-46(48)66)29(28-13-36-37(72-25-71-36)15-33(28)57-42)18-50-39(60)20-53-44(64)34(12-26-6-4-3-5-7-26)56-40(61)21-51-38(59)19-52-41(62)24-69-11-10-68-9-8-49-43(63)27-16-54-47(73)55-17-27/h3-7,13-17,34,67H,2,8-12,18-25H2,1H3,(H,49,63)(H,50,60)(H,51,59)(H,52,62)(H,53,64)(H,56,61)(H,54,55,73)/t34-,48+/m0/s1. The fourth-order valence-electron chi connectivity index (χ4n) is 8.26. The number of pyridine rings is 2. The molecule has 8 N–H and O–H groups in total. The highest BCUT2D eigenvalue weighted by Gasteiger charge is 2.45. The summed E-state index contributed by atoms with van der Waals surface area (Å²) in [4.78, 5) is 115. The van der Waals surface area contributed by atoms with Crippen molar-refractivity contribution < 1.29 is 62.4 Å². The summed E-state index contributed by atoms with van der Waals surface area (Å²) in [7, 11) is 0. The summed E-state index contributed by atoms with van der Waals surface area (Å²) in [6.45, 7) is -0.00508. The number of aromatic amines is 1. The fourth-order valence-corrected chi connectivity index (χ4v) is 8.37. The van der Waals surface area contributed by atoms with Crippen molar-refractivity contribution in [2.45, 2.75) is 51.1 Å². The van der Waals surface area contributed by atoms with Crippen molar-refractivity contribution in [2.24, 2.45) is 0 Å². The maximum atomic E-state index is 13.9. The molecule has 24 nitrogen and oxygen atoms in total. The number of cyclic esters (lactones) is 1. The van der Waals surface area contributed by atoms with Gasteiger partial charge in [0.25, 0.3) is 11.5 Å². The summed E-state index contributed by atoms with van der Waals surface area (Å²) in [6.07, 6.45) is 2.80. The van der Waals surface area contributed by atoms with Gasteiger partial charge in [-0.15, -0.1) is 0 Å². The molecule has 0 saturated heterocycles. The van der Waals surface area contributed by atoms with Crippen LogP contribution < -0.4 is 46.9 Å². The zero-order valence-corrected chi connectivity index (χ0v) is 40.1. The fraction of sp³-hybridized carbons (Fsp3) is 0.354. The van der Waals surface area contributed by atoms with Crippen LogP contribution in [0.5, 0.6) is 11.5 Å². The number of hydrogen-bond donors (Lipinski definition) is 8. The molecule has 6 amide bonds. The second-order valence-corrected chi connectivity index (χ2v) is 17.2. The smallest absolute Gasteiger partial charge is 0.343 e. The molecule has 73 heavy (non-hydrogen) atoms. The summed E-state index contributed by atoms with van der Waals surface area (Å²) in [5.41, 5.74) is 1.23. The van der Waals surface area contributed by atoms with E-state index in [-0.39, 0.29) is 94.1 Å². The number of carbonyl (C=O) groups excluding carboxylic acids is 7. The van der Waals surface area contributed by atoms with Crippen molar-refractivity contribution in [1.82, 2.24) is 51.4 Å². The van der Waals surface area contributed by atoms with E-state index >= 15 is 0 Å². The zero-order chi connectivity index (χ0) is 51.6. The van der Waals surface area contributed by atoms with Crippen molar-refractivity contribution in [2.75, 3.05) is 59.4 Å². The second-order valence-electron chi connectivity index (χ2n) is 16.8. The predicted molar refractivity (Wildman–Crippen MR) is 257 cm³/mol. The third kappa shape index (κ3) is 12.0. The first-order valence-corrected chi connectivity index (χ1v) is 23.4. The van der Waals surface area contributed by atoms with E-state index in [0.29, 0.717) is 56.0 Å². The average Bonchev–Trinajstić information content (AvgIpc) is 4.01. The third-order valence-electron chi connectivity index (χ3n) is 12.1. The number of fused-ring (bicyclic) bond motifs is 6. The summed E-state index contributed by atoms with van der Waals surface area (Å²) >= 11 is 4.85. The minimum atomic E-state index is -2.03. The topological polar surface area (TPSA) is 322 Å². The summed E-state index contributed by atoms with van der Waals surface area (Å²) in [5.74, 6) is -3.61. The highest BCUT2D eigenvalue weighted by atomic mass is 32.1. The summed E-state index contributed by atoms with van der Waals surface area (Å²) < 4.78 is 28.8. The Kier molecular flexibility index (Phi) is 16.1. The van der Waals surface area contributed by atoms with Gasteiger partial charge in [0.05, 0.1) is 74.0 Å². The maximum absolute atomic E-state index is 13.9.